The van der Waals surface area contributed by atoms with Gasteiger partial charge in [0.15, 0.2) is 0 Å². The lowest BCUT2D eigenvalue weighted by Gasteiger charge is -2.31. The zero-order valence-corrected chi connectivity index (χ0v) is 16.3. The van der Waals surface area contributed by atoms with E-state index in [1.165, 1.54) is 16.8 Å². The molecule has 0 aliphatic carbocycles. The molecule has 1 aliphatic rings. The number of aromatic hydroxyl groups is 1. The molecule has 0 atom stereocenters. The molecule has 3 aromatic rings. The van der Waals surface area contributed by atoms with E-state index in [4.69, 9.17) is 9.84 Å². The summed E-state index contributed by atoms with van der Waals surface area (Å²) >= 11 is 0. The van der Waals surface area contributed by atoms with Gasteiger partial charge in [0.2, 0.25) is 5.88 Å². The van der Waals surface area contributed by atoms with Crippen LogP contribution in [0.3, 0.4) is 0 Å². The Morgan fingerprint density at radius 3 is 2.63 bits per heavy atom. The summed E-state index contributed by atoms with van der Waals surface area (Å²) in [4.78, 5) is 3.93. The third kappa shape index (κ3) is 4.59. The molecule has 140 valence electrons. The standard InChI is InChI=1S/C14H19NO.C9H7NO/c1-5-16-11-6-7-13-12(8-11)10(2)9-14(3,4)15-13;11-9-6-5-7-3-1-2-4-8(7)10-9/h6-9,15H,5H2,1-4H3;1-6H,(H,10,11). The minimum absolute atomic E-state index is 0.0320. The van der Waals surface area contributed by atoms with E-state index in [0.717, 1.165) is 16.7 Å². The van der Waals surface area contributed by atoms with E-state index >= 15 is 0 Å². The molecule has 0 fully saturated rings. The van der Waals surface area contributed by atoms with Crippen LogP contribution in [0.5, 0.6) is 11.6 Å². The van der Waals surface area contributed by atoms with Crippen LogP contribution in [-0.4, -0.2) is 22.2 Å². The van der Waals surface area contributed by atoms with E-state index in [9.17, 15) is 0 Å². The van der Waals surface area contributed by atoms with Gasteiger partial charge in [-0.05, 0) is 63.6 Å². The number of ether oxygens (including phenoxy) is 1. The lowest BCUT2D eigenvalue weighted by molar-refractivity contribution is 0.340. The summed E-state index contributed by atoms with van der Waals surface area (Å²) in [6.07, 6.45) is 2.26. The van der Waals surface area contributed by atoms with Crippen LogP contribution in [-0.2, 0) is 0 Å². The van der Waals surface area contributed by atoms with Gasteiger partial charge in [-0.2, -0.15) is 0 Å². The highest BCUT2D eigenvalue weighted by molar-refractivity contribution is 5.81. The van der Waals surface area contributed by atoms with Gasteiger partial charge in [0.25, 0.3) is 0 Å². The molecule has 0 spiro atoms. The average molecular weight is 362 g/mol. The second-order valence-electron chi connectivity index (χ2n) is 7.18. The highest BCUT2D eigenvalue weighted by Gasteiger charge is 2.22. The van der Waals surface area contributed by atoms with Gasteiger partial charge in [0, 0.05) is 22.7 Å². The molecule has 27 heavy (non-hydrogen) atoms. The van der Waals surface area contributed by atoms with Crippen LogP contribution < -0.4 is 10.1 Å². The Balaban J connectivity index is 0.000000166. The Bertz CT molecular complexity index is 977. The maximum atomic E-state index is 9.02. The fraction of sp³-hybridized carbons (Fsp3) is 0.261. The third-order valence-electron chi connectivity index (χ3n) is 4.34. The fourth-order valence-corrected chi connectivity index (χ4v) is 3.27. The van der Waals surface area contributed by atoms with Gasteiger partial charge in [0.1, 0.15) is 5.75 Å². The maximum absolute atomic E-state index is 9.02. The van der Waals surface area contributed by atoms with Gasteiger partial charge in [0.05, 0.1) is 17.7 Å². The molecule has 2 heterocycles. The predicted octanol–water partition coefficient (Wildman–Crippen LogP) is 5.63. The summed E-state index contributed by atoms with van der Waals surface area (Å²) in [6.45, 7) is 9.22. The summed E-state index contributed by atoms with van der Waals surface area (Å²) in [6, 6.07) is 17.3. The molecule has 2 aromatic carbocycles. The molecule has 4 nitrogen and oxygen atoms in total. The second kappa shape index (κ2) is 7.70. The van der Waals surface area contributed by atoms with Crippen LogP contribution in [0.2, 0.25) is 0 Å². The summed E-state index contributed by atoms with van der Waals surface area (Å²) in [5.74, 6) is 1.01. The Kier molecular flexibility index (Phi) is 5.36. The Morgan fingerprint density at radius 1 is 1.07 bits per heavy atom. The van der Waals surface area contributed by atoms with Crippen molar-refractivity contribution in [3.05, 3.63) is 66.2 Å². The number of nitrogens with one attached hydrogen (secondary N) is 1. The number of nitrogens with zero attached hydrogens (tertiary/aromatic N) is 1. The quantitative estimate of drug-likeness (QED) is 0.620. The van der Waals surface area contributed by atoms with Crippen molar-refractivity contribution in [2.45, 2.75) is 33.2 Å². The molecule has 0 saturated carbocycles. The van der Waals surface area contributed by atoms with Gasteiger partial charge < -0.3 is 15.2 Å². The zero-order chi connectivity index (χ0) is 19.4. The molecular formula is C23H26N2O2. The number of anilines is 1. The van der Waals surface area contributed by atoms with Crippen LogP contribution in [0.15, 0.2) is 60.7 Å². The monoisotopic (exact) mass is 362 g/mol. The first-order valence-electron chi connectivity index (χ1n) is 9.17. The smallest absolute Gasteiger partial charge is 0.211 e. The summed E-state index contributed by atoms with van der Waals surface area (Å²) in [5, 5.41) is 13.6. The van der Waals surface area contributed by atoms with Gasteiger partial charge in [-0.25, -0.2) is 4.98 Å². The molecular weight excluding hydrogens is 336 g/mol. The van der Waals surface area contributed by atoms with Gasteiger partial charge in [-0.3, -0.25) is 0 Å². The van der Waals surface area contributed by atoms with E-state index in [-0.39, 0.29) is 11.4 Å². The van der Waals surface area contributed by atoms with E-state index in [1.807, 2.05) is 43.3 Å². The van der Waals surface area contributed by atoms with Crippen molar-refractivity contribution in [1.82, 2.24) is 4.98 Å². The number of hydrogen-bond donors (Lipinski definition) is 2. The summed E-state index contributed by atoms with van der Waals surface area (Å²) < 4.78 is 5.52. The van der Waals surface area contributed by atoms with Gasteiger partial charge in [-0.15, -0.1) is 0 Å². The van der Waals surface area contributed by atoms with Crippen molar-refractivity contribution in [3.63, 3.8) is 0 Å². The molecule has 0 radical (unpaired) electrons. The lowest BCUT2D eigenvalue weighted by Crippen LogP contribution is -2.31. The molecule has 0 bridgehead atoms. The largest absolute Gasteiger partial charge is 0.494 e. The molecule has 4 rings (SSSR count). The van der Waals surface area contributed by atoms with E-state index < -0.39 is 0 Å². The molecule has 1 aromatic heterocycles. The number of para-hydroxylation sites is 1. The van der Waals surface area contributed by atoms with E-state index in [1.54, 1.807) is 6.07 Å². The van der Waals surface area contributed by atoms with Crippen molar-refractivity contribution in [3.8, 4) is 11.6 Å². The Labute approximate surface area is 160 Å². The highest BCUT2D eigenvalue weighted by atomic mass is 16.5. The van der Waals surface area contributed by atoms with Crippen LogP contribution >= 0.6 is 0 Å². The SMILES string of the molecule is CCOc1ccc2c(c1)C(C)=CC(C)(C)N2.Oc1ccc2ccccc2n1. The number of rotatable bonds is 2. The number of fused-ring (bicyclic) bond motifs is 2. The zero-order valence-electron chi connectivity index (χ0n) is 16.3. The minimum atomic E-state index is 0.0320. The van der Waals surface area contributed by atoms with Crippen molar-refractivity contribution in [2.24, 2.45) is 0 Å². The summed E-state index contributed by atoms with van der Waals surface area (Å²) in [5.41, 5.74) is 4.59. The second-order valence-corrected chi connectivity index (χ2v) is 7.18. The first-order chi connectivity index (χ1) is 12.9. The molecule has 1 aliphatic heterocycles. The Hall–Kier alpha value is -3.01. The molecule has 0 amide bonds. The number of benzene rings is 2. The van der Waals surface area contributed by atoms with Crippen molar-refractivity contribution < 1.29 is 9.84 Å². The van der Waals surface area contributed by atoms with Crippen LogP contribution in [0.25, 0.3) is 16.5 Å². The van der Waals surface area contributed by atoms with Crippen molar-refractivity contribution >= 4 is 22.2 Å². The average Bonchev–Trinajstić information content (AvgIpc) is 2.62. The number of allylic oxidation sites excluding steroid dienone is 1. The minimum Gasteiger partial charge on any atom is -0.494 e. The third-order valence-corrected chi connectivity index (χ3v) is 4.34. The fourth-order valence-electron chi connectivity index (χ4n) is 3.27. The van der Waals surface area contributed by atoms with Gasteiger partial charge >= 0.3 is 0 Å². The van der Waals surface area contributed by atoms with Crippen molar-refractivity contribution in [2.75, 3.05) is 11.9 Å². The molecule has 4 heteroatoms. The first-order valence-corrected chi connectivity index (χ1v) is 9.17. The van der Waals surface area contributed by atoms with Crippen LogP contribution in [0.4, 0.5) is 5.69 Å². The topological polar surface area (TPSA) is 54.4 Å². The highest BCUT2D eigenvalue weighted by Crippen LogP contribution is 2.35. The number of hydrogen-bond acceptors (Lipinski definition) is 4. The lowest BCUT2D eigenvalue weighted by atomic mass is 9.91. The Morgan fingerprint density at radius 2 is 1.85 bits per heavy atom. The predicted molar refractivity (Wildman–Crippen MR) is 112 cm³/mol. The van der Waals surface area contributed by atoms with E-state index in [0.29, 0.717) is 6.61 Å². The molecule has 0 saturated heterocycles. The number of pyridine rings is 1. The molecule has 2 N–H and O–H groups in total. The van der Waals surface area contributed by atoms with Crippen molar-refractivity contribution in [1.29, 1.82) is 0 Å². The first kappa shape index (κ1) is 18.8. The maximum Gasteiger partial charge on any atom is 0.211 e. The molecule has 0 unspecified atom stereocenters. The van der Waals surface area contributed by atoms with Crippen LogP contribution in [0.1, 0.15) is 33.3 Å². The van der Waals surface area contributed by atoms with Crippen LogP contribution in [0, 0.1) is 0 Å². The summed E-state index contributed by atoms with van der Waals surface area (Å²) in [7, 11) is 0. The number of aromatic nitrogens is 1. The van der Waals surface area contributed by atoms with Gasteiger partial charge in [-0.1, -0.05) is 24.3 Å². The van der Waals surface area contributed by atoms with E-state index in [2.05, 4.69) is 49.3 Å². The normalized spacial score (nSPS) is 14.3.